The highest BCUT2D eigenvalue weighted by atomic mass is 32.1. The first-order chi connectivity index (χ1) is 12.9. The number of hydrogen-bond acceptors (Lipinski definition) is 4. The van der Waals surface area contributed by atoms with Crippen LogP contribution in [0.5, 0.6) is 0 Å². The van der Waals surface area contributed by atoms with Crippen molar-refractivity contribution in [1.82, 2.24) is 21.5 Å². The second-order valence-electron chi connectivity index (χ2n) is 8.71. The SMILES string of the molecule is COC[C@H](C)NC(=S)NNC(=O)CCNC(=O)C12CC3CC(CC(C3)C1)C2. The Morgan fingerprint density at radius 3 is 2.26 bits per heavy atom. The van der Waals surface area contributed by atoms with E-state index in [1.807, 2.05) is 6.92 Å². The number of hydrogen-bond donors (Lipinski definition) is 4. The van der Waals surface area contributed by atoms with Crippen LogP contribution in [-0.2, 0) is 14.3 Å². The van der Waals surface area contributed by atoms with E-state index in [1.165, 1.54) is 19.3 Å². The lowest BCUT2D eigenvalue weighted by Gasteiger charge is -2.55. The van der Waals surface area contributed by atoms with Gasteiger partial charge < -0.3 is 15.4 Å². The third-order valence-corrected chi connectivity index (χ3v) is 6.49. The van der Waals surface area contributed by atoms with E-state index in [2.05, 4.69) is 21.5 Å². The van der Waals surface area contributed by atoms with Crippen molar-refractivity contribution >= 4 is 29.1 Å². The first kappa shape index (κ1) is 20.3. The number of amides is 2. The lowest BCUT2D eigenvalue weighted by Crippen LogP contribution is -2.54. The number of rotatable bonds is 7. The van der Waals surface area contributed by atoms with Crippen LogP contribution in [0.4, 0.5) is 0 Å². The molecule has 2 amide bonds. The summed E-state index contributed by atoms with van der Waals surface area (Å²) in [4.78, 5) is 24.8. The maximum Gasteiger partial charge on any atom is 0.240 e. The normalized spacial score (nSPS) is 31.9. The van der Waals surface area contributed by atoms with Crippen molar-refractivity contribution < 1.29 is 14.3 Å². The third-order valence-electron chi connectivity index (χ3n) is 6.27. The van der Waals surface area contributed by atoms with Gasteiger partial charge in [0, 0.05) is 31.5 Å². The molecule has 4 aliphatic rings. The summed E-state index contributed by atoms with van der Waals surface area (Å²) in [6.45, 7) is 2.81. The van der Waals surface area contributed by atoms with Crippen molar-refractivity contribution in [2.45, 2.75) is 57.9 Å². The molecule has 7 nitrogen and oxygen atoms in total. The van der Waals surface area contributed by atoms with Gasteiger partial charge in [0.25, 0.3) is 0 Å². The van der Waals surface area contributed by atoms with Gasteiger partial charge in [-0.25, -0.2) is 0 Å². The van der Waals surface area contributed by atoms with Crippen molar-refractivity contribution in [2.24, 2.45) is 23.2 Å². The fraction of sp³-hybridized carbons (Fsp3) is 0.842. The molecule has 4 rings (SSSR count). The molecule has 27 heavy (non-hydrogen) atoms. The van der Waals surface area contributed by atoms with Crippen LogP contribution in [-0.4, -0.2) is 43.2 Å². The number of ether oxygens (including phenoxy) is 1. The van der Waals surface area contributed by atoms with Gasteiger partial charge in [0.15, 0.2) is 5.11 Å². The number of carbonyl (C=O) groups excluding carboxylic acids is 2. The van der Waals surface area contributed by atoms with E-state index in [4.69, 9.17) is 17.0 Å². The fourth-order valence-corrected chi connectivity index (χ4v) is 5.86. The van der Waals surface area contributed by atoms with Gasteiger partial charge in [-0.05, 0) is 75.4 Å². The Balaban J connectivity index is 1.34. The Morgan fingerprint density at radius 2 is 1.70 bits per heavy atom. The zero-order valence-electron chi connectivity index (χ0n) is 16.3. The van der Waals surface area contributed by atoms with Crippen molar-refractivity contribution in [3.8, 4) is 0 Å². The quantitative estimate of drug-likeness (QED) is 0.382. The van der Waals surface area contributed by atoms with Gasteiger partial charge in [-0.3, -0.25) is 20.4 Å². The second-order valence-corrected chi connectivity index (χ2v) is 9.12. The molecule has 1 atom stereocenters. The fourth-order valence-electron chi connectivity index (χ4n) is 5.61. The summed E-state index contributed by atoms with van der Waals surface area (Å²) in [6, 6.07) is 0.0477. The van der Waals surface area contributed by atoms with Crippen LogP contribution in [0.25, 0.3) is 0 Å². The molecular weight excluding hydrogens is 364 g/mol. The lowest BCUT2D eigenvalue weighted by molar-refractivity contribution is -0.146. The largest absolute Gasteiger partial charge is 0.383 e. The molecule has 4 N–H and O–H groups in total. The van der Waals surface area contributed by atoms with E-state index in [9.17, 15) is 9.59 Å². The van der Waals surface area contributed by atoms with Crippen LogP contribution >= 0.6 is 12.2 Å². The van der Waals surface area contributed by atoms with Gasteiger partial charge in [-0.2, -0.15) is 0 Å². The minimum absolute atomic E-state index is 0.0477. The van der Waals surface area contributed by atoms with Crippen LogP contribution in [0.3, 0.4) is 0 Å². The highest BCUT2D eigenvalue weighted by Gasteiger charge is 2.54. The van der Waals surface area contributed by atoms with Crippen molar-refractivity contribution in [3.63, 3.8) is 0 Å². The number of methoxy groups -OCH3 is 1. The van der Waals surface area contributed by atoms with Gasteiger partial charge in [0.2, 0.25) is 11.8 Å². The molecule has 4 fully saturated rings. The summed E-state index contributed by atoms with van der Waals surface area (Å²) in [7, 11) is 1.62. The number of nitrogens with one attached hydrogen (secondary N) is 4. The summed E-state index contributed by atoms with van der Waals surface area (Å²) < 4.78 is 5.02. The molecule has 0 heterocycles. The van der Waals surface area contributed by atoms with Gasteiger partial charge in [-0.15, -0.1) is 0 Å². The molecule has 152 valence electrons. The highest BCUT2D eigenvalue weighted by Crippen LogP contribution is 2.60. The third kappa shape index (κ3) is 5.10. The zero-order valence-corrected chi connectivity index (χ0v) is 17.1. The van der Waals surface area contributed by atoms with Crippen LogP contribution in [0, 0.1) is 23.2 Å². The zero-order chi connectivity index (χ0) is 19.4. The molecule has 4 aliphatic carbocycles. The van der Waals surface area contributed by atoms with Crippen molar-refractivity contribution in [1.29, 1.82) is 0 Å². The number of thiocarbonyl (C=S) groups is 1. The predicted molar refractivity (Wildman–Crippen MR) is 107 cm³/mol. The molecule has 4 bridgehead atoms. The molecule has 0 spiro atoms. The summed E-state index contributed by atoms with van der Waals surface area (Å²) >= 11 is 5.10. The maximum absolute atomic E-state index is 12.8. The van der Waals surface area contributed by atoms with E-state index < -0.39 is 0 Å². The Kier molecular flexibility index (Phi) is 6.57. The average molecular weight is 397 g/mol. The molecule has 0 aromatic heterocycles. The summed E-state index contributed by atoms with van der Waals surface area (Å²) in [5.41, 5.74) is 5.06. The van der Waals surface area contributed by atoms with E-state index in [-0.39, 0.29) is 29.7 Å². The van der Waals surface area contributed by atoms with Crippen LogP contribution < -0.4 is 21.5 Å². The molecular formula is C19H32N4O3S. The standard InChI is InChI=1S/C19H32N4O3S/c1-12(11-26-2)21-18(27)23-22-16(24)3-4-20-17(25)19-8-13-5-14(9-19)7-15(6-13)10-19/h12-15H,3-11H2,1-2H3,(H,20,25)(H,22,24)(H2,21,23,27)/t12-,13?,14?,15?,19?/m0/s1. The minimum atomic E-state index is -0.204. The Labute approximate surface area is 166 Å². The minimum Gasteiger partial charge on any atom is -0.383 e. The predicted octanol–water partition coefficient (Wildman–Crippen LogP) is 1.24. The van der Waals surface area contributed by atoms with Crippen LogP contribution in [0.1, 0.15) is 51.9 Å². The molecule has 0 aliphatic heterocycles. The van der Waals surface area contributed by atoms with E-state index >= 15 is 0 Å². The average Bonchev–Trinajstić information content (AvgIpc) is 2.59. The van der Waals surface area contributed by atoms with Crippen LogP contribution in [0.2, 0.25) is 0 Å². The first-order valence-corrected chi connectivity index (χ1v) is 10.4. The molecule has 0 saturated heterocycles. The number of carbonyl (C=O) groups is 2. The van der Waals surface area contributed by atoms with E-state index in [0.29, 0.717) is 18.3 Å². The number of hydrazine groups is 1. The smallest absolute Gasteiger partial charge is 0.240 e. The Bertz CT molecular complexity index is 548. The topological polar surface area (TPSA) is 91.5 Å². The van der Waals surface area contributed by atoms with Gasteiger partial charge in [0.05, 0.1) is 6.61 Å². The van der Waals surface area contributed by atoms with E-state index in [0.717, 1.165) is 37.0 Å². The Hall–Kier alpha value is -1.41. The molecule has 4 saturated carbocycles. The molecule has 0 aromatic carbocycles. The van der Waals surface area contributed by atoms with E-state index in [1.54, 1.807) is 7.11 Å². The summed E-state index contributed by atoms with van der Waals surface area (Å²) in [5, 5.41) is 6.35. The maximum atomic E-state index is 12.8. The molecule has 0 unspecified atom stereocenters. The molecule has 8 heteroatoms. The monoisotopic (exact) mass is 396 g/mol. The molecule has 0 radical (unpaired) electrons. The summed E-state index contributed by atoms with van der Waals surface area (Å²) in [6.07, 6.45) is 7.29. The van der Waals surface area contributed by atoms with Crippen molar-refractivity contribution in [3.05, 3.63) is 0 Å². The van der Waals surface area contributed by atoms with Gasteiger partial charge in [0.1, 0.15) is 0 Å². The first-order valence-electron chi connectivity index (χ1n) is 10.0. The van der Waals surface area contributed by atoms with Crippen LogP contribution in [0.15, 0.2) is 0 Å². The van der Waals surface area contributed by atoms with Gasteiger partial charge in [-0.1, -0.05) is 0 Å². The van der Waals surface area contributed by atoms with Gasteiger partial charge >= 0.3 is 0 Å². The molecule has 0 aromatic rings. The Morgan fingerprint density at radius 1 is 1.11 bits per heavy atom. The van der Waals surface area contributed by atoms with Crippen molar-refractivity contribution in [2.75, 3.05) is 20.3 Å². The lowest BCUT2D eigenvalue weighted by atomic mass is 9.49. The highest BCUT2D eigenvalue weighted by molar-refractivity contribution is 7.80. The summed E-state index contributed by atoms with van der Waals surface area (Å²) in [5.74, 6) is 2.17. The second kappa shape index (κ2) is 8.73.